The average Bonchev–Trinajstić information content (AvgIpc) is 3.40. The number of nitrogens with one attached hydrogen (secondary N) is 2. The summed E-state index contributed by atoms with van der Waals surface area (Å²) in [5, 5.41) is 10.1. The van der Waals surface area contributed by atoms with Gasteiger partial charge in [0.2, 0.25) is 0 Å². The predicted octanol–water partition coefficient (Wildman–Crippen LogP) is 4.16. The van der Waals surface area contributed by atoms with Crippen LogP contribution in [-0.4, -0.2) is 41.3 Å². The van der Waals surface area contributed by atoms with Gasteiger partial charge in [0.1, 0.15) is 17.2 Å². The number of benzene rings is 3. The lowest BCUT2D eigenvalue weighted by Gasteiger charge is -2.09. The molecule has 0 saturated carbocycles. The maximum Gasteiger partial charge on any atom is 0.354 e. The van der Waals surface area contributed by atoms with Gasteiger partial charge in [-0.2, -0.15) is 5.10 Å². The minimum absolute atomic E-state index is 0.0740. The van der Waals surface area contributed by atoms with Gasteiger partial charge in [-0.05, 0) is 48.5 Å². The lowest BCUT2D eigenvalue weighted by atomic mass is 10.1. The molecular formula is C26H23N5O5. The van der Waals surface area contributed by atoms with Crippen molar-refractivity contribution in [1.29, 1.82) is 0 Å². The minimum atomic E-state index is -0.716. The van der Waals surface area contributed by atoms with E-state index in [4.69, 9.17) is 15.2 Å². The topological polar surface area (TPSA) is 141 Å². The molecule has 182 valence electrons. The number of esters is 2. The van der Waals surface area contributed by atoms with Crippen LogP contribution in [0.25, 0.3) is 22.8 Å². The molecule has 0 aliphatic rings. The summed E-state index contributed by atoms with van der Waals surface area (Å²) in [5.41, 5.74) is 8.30. The fourth-order valence-corrected chi connectivity index (χ4v) is 3.22. The lowest BCUT2D eigenvalue weighted by Crippen LogP contribution is -2.15. The number of nitrogens with two attached hydrogens (primary N) is 1. The van der Waals surface area contributed by atoms with Crippen molar-refractivity contribution in [3.63, 3.8) is 0 Å². The number of nitrogen functional groups attached to an aromatic ring is 1. The van der Waals surface area contributed by atoms with Crippen molar-refractivity contribution in [2.24, 2.45) is 0 Å². The second-order valence-electron chi connectivity index (χ2n) is 7.49. The zero-order valence-corrected chi connectivity index (χ0v) is 19.5. The molecule has 0 spiro atoms. The number of rotatable bonds is 8. The molecule has 1 heterocycles. The van der Waals surface area contributed by atoms with Gasteiger partial charge >= 0.3 is 11.9 Å². The molecule has 0 amide bonds. The molecule has 0 unspecified atom stereocenters. The molecule has 10 heteroatoms. The van der Waals surface area contributed by atoms with Crippen molar-refractivity contribution in [3.05, 3.63) is 84.6 Å². The third-order valence-electron chi connectivity index (χ3n) is 4.98. The van der Waals surface area contributed by atoms with Crippen LogP contribution in [0.5, 0.6) is 11.5 Å². The van der Waals surface area contributed by atoms with Crippen LogP contribution in [0.2, 0.25) is 0 Å². The summed E-state index contributed by atoms with van der Waals surface area (Å²) >= 11 is 0. The van der Waals surface area contributed by atoms with Crippen LogP contribution in [0, 0.1) is 0 Å². The minimum Gasteiger partial charge on any atom is -0.466 e. The first-order chi connectivity index (χ1) is 17.4. The molecular weight excluding hydrogens is 462 g/mol. The average molecular weight is 486 g/mol. The van der Waals surface area contributed by atoms with Crippen LogP contribution in [0.1, 0.15) is 0 Å². The molecule has 4 rings (SSSR count). The highest BCUT2D eigenvalue weighted by molar-refractivity contribution is 5.98. The number of aromatic nitrogens is 3. The molecule has 1 aromatic heterocycles. The first-order valence-corrected chi connectivity index (χ1v) is 10.8. The van der Waals surface area contributed by atoms with E-state index in [1.807, 2.05) is 30.3 Å². The number of anilines is 2. The monoisotopic (exact) mass is 485 g/mol. The van der Waals surface area contributed by atoms with E-state index in [1.165, 1.54) is 14.2 Å². The molecule has 0 fully saturated rings. The second kappa shape index (κ2) is 10.9. The maximum absolute atomic E-state index is 12.0. The van der Waals surface area contributed by atoms with Crippen LogP contribution in [-0.2, 0) is 19.1 Å². The van der Waals surface area contributed by atoms with Gasteiger partial charge in [-0.25, -0.2) is 14.6 Å². The summed E-state index contributed by atoms with van der Waals surface area (Å²) in [4.78, 5) is 28.2. The van der Waals surface area contributed by atoms with Crippen LogP contribution in [0.15, 0.2) is 84.6 Å². The number of carbonyl (C=O) groups is 2. The molecule has 0 radical (unpaired) electrons. The molecule has 0 aliphatic heterocycles. The van der Waals surface area contributed by atoms with Crippen LogP contribution < -0.4 is 15.8 Å². The Hall–Kier alpha value is -5.12. The maximum atomic E-state index is 12.0. The zero-order valence-electron chi connectivity index (χ0n) is 19.5. The fourth-order valence-electron chi connectivity index (χ4n) is 3.22. The molecule has 36 heavy (non-hydrogen) atoms. The van der Waals surface area contributed by atoms with Gasteiger partial charge in [-0.3, -0.25) is 5.10 Å². The van der Waals surface area contributed by atoms with Crippen LogP contribution in [0.4, 0.5) is 11.4 Å². The van der Waals surface area contributed by atoms with Crippen molar-refractivity contribution in [2.45, 2.75) is 0 Å². The summed E-state index contributed by atoms with van der Waals surface area (Å²) in [7, 11) is 2.44. The second-order valence-corrected chi connectivity index (χ2v) is 7.49. The van der Waals surface area contributed by atoms with Crippen LogP contribution in [0.3, 0.4) is 0 Å². The van der Waals surface area contributed by atoms with E-state index in [0.717, 1.165) is 11.6 Å². The van der Waals surface area contributed by atoms with Gasteiger partial charge in [-0.15, -0.1) is 0 Å². The van der Waals surface area contributed by atoms with Gasteiger partial charge in [0.05, 0.1) is 20.3 Å². The van der Waals surface area contributed by atoms with Crippen molar-refractivity contribution in [2.75, 3.05) is 25.3 Å². The quantitative estimate of drug-likeness (QED) is 0.191. The van der Waals surface area contributed by atoms with E-state index in [0.29, 0.717) is 40.1 Å². The molecule has 3 aromatic carbocycles. The third kappa shape index (κ3) is 5.86. The molecule has 4 N–H and O–H groups in total. The van der Waals surface area contributed by atoms with E-state index < -0.39 is 11.9 Å². The largest absolute Gasteiger partial charge is 0.466 e. The number of hydrogen-bond acceptors (Lipinski definition) is 9. The van der Waals surface area contributed by atoms with Crippen LogP contribution >= 0.6 is 0 Å². The smallest absolute Gasteiger partial charge is 0.354 e. The van der Waals surface area contributed by atoms with Gasteiger partial charge < -0.3 is 25.3 Å². The Balaban J connectivity index is 1.54. The van der Waals surface area contributed by atoms with E-state index in [1.54, 1.807) is 42.5 Å². The highest BCUT2D eigenvalue weighted by Crippen LogP contribution is 2.28. The van der Waals surface area contributed by atoms with Gasteiger partial charge in [-0.1, -0.05) is 24.3 Å². The van der Waals surface area contributed by atoms with Gasteiger partial charge in [0, 0.05) is 22.5 Å². The number of methoxy groups -OCH3 is 2. The third-order valence-corrected chi connectivity index (χ3v) is 4.98. The Morgan fingerprint density at radius 1 is 0.917 bits per heavy atom. The summed E-state index contributed by atoms with van der Waals surface area (Å²) in [6, 6.07) is 21.6. The Bertz CT molecular complexity index is 1410. The van der Waals surface area contributed by atoms with E-state index in [9.17, 15) is 9.59 Å². The summed E-state index contributed by atoms with van der Waals surface area (Å²) < 4.78 is 15.2. The Kier molecular flexibility index (Phi) is 7.25. The normalized spacial score (nSPS) is 11.0. The summed E-state index contributed by atoms with van der Waals surface area (Å²) in [6.07, 6.45) is 1.02. The standard InChI is InChI=1S/C26H23N5O5/c1-34-23(32)15-22(26(33)35-2)28-19-7-3-5-16(13-19)24-29-25(31-30-24)17-6-4-8-21(14-17)36-20-11-9-18(27)10-12-20/h3-15,28H,27H2,1-2H3,(H,29,30,31)/b22-15+. The van der Waals surface area contributed by atoms with E-state index in [2.05, 4.69) is 25.2 Å². The van der Waals surface area contributed by atoms with Crippen molar-refractivity contribution in [1.82, 2.24) is 15.2 Å². The molecule has 10 nitrogen and oxygen atoms in total. The van der Waals surface area contributed by atoms with Gasteiger partial charge in [0.15, 0.2) is 11.6 Å². The number of nitrogens with zero attached hydrogens (tertiary/aromatic N) is 2. The zero-order chi connectivity index (χ0) is 25.5. The Morgan fingerprint density at radius 2 is 1.67 bits per heavy atom. The highest BCUT2D eigenvalue weighted by Gasteiger charge is 2.14. The van der Waals surface area contributed by atoms with Crippen molar-refractivity contribution < 1.29 is 23.8 Å². The molecule has 0 bridgehead atoms. The number of hydrogen-bond donors (Lipinski definition) is 3. The number of aromatic amines is 1. The molecule has 0 aliphatic carbocycles. The molecule has 0 saturated heterocycles. The van der Waals surface area contributed by atoms with Gasteiger partial charge in [0.25, 0.3) is 0 Å². The predicted molar refractivity (Wildman–Crippen MR) is 134 cm³/mol. The number of H-pyrrole nitrogens is 1. The number of ether oxygens (including phenoxy) is 3. The highest BCUT2D eigenvalue weighted by atomic mass is 16.5. The molecule has 4 aromatic rings. The summed E-state index contributed by atoms with van der Waals surface area (Å²) in [6.45, 7) is 0. The van der Waals surface area contributed by atoms with E-state index in [-0.39, 0.29) is 5.70 Å². The Labute approximate surface area is 206 Å². The Morgan fingerprint density at radius 3 is 2.42 bits per heavy atom. The first-order valence-electron chi connectivity index (χ1n) is 10.8. The van der Waals surface area contributed by atoms with E-state index >= 15 is 0 Å². The van der Waals surface area contributed by atoms with Crippen molar-refractivity contribution >= 4 is 23.3 Å². The van der Waals surface area contributed by atoms with Crippen molar-refractivity contribution in [3.8, 4) is 34.3 Å². The first kappa shape index (κ1) is 24.0. The number of carbonyl (C=O) groups excluding carboxylic acids is 2. The SMILES string of the molecule is COC(=O)/C=C(/Nc1cccc(-c2n[nH]c(-c3cccc(Oc4ccc(N)cc4)c3)n2)c1)C(=O)OC. The summed E-state index contributed by atoms with van der Waals surface area (Å²) in [5.74, 6) is 0.875. The fraction of sp³-hybridized carbons (Fsp3) is 0.0769. The molecule has 0 atom stereocenters. The lowest BCUT2D eigenvalue weighted by molar-refractivity contribution is -0.138.